The summed E-state index contributed by atoms with van der Waals surface area (Å²) in [6.07, 6.45) is 3.64. The molecule has 0 N–H and O–H groups in total. The van der Waals surface area contributed by atoms with Gasteiger partial charge in [0.05, 0.1) is 11.4 Å². The number of rotatable bonds is 6. The zero-order valence-electron chi connectivity index (χ0n) is 30.1. The van der Waals surface area contributed by atoms with E-state index in [1.807, 2.05) is 60.1 Å². The fourth-order valence-electron chi connectivity index (χ4n) is 7.87. The molecule has 0 atom stereocenters. The van der Waals surface area contributed by atoms with Crippen molar-refractivity contribution in [2.75, 3.05) is 0 Å². The summed E-state index contributed by atoms with van der Waals surface area (Å²) in [5.41, 5.74) is 13.2. The molecule has 4 aromatic heterocycles. The molecule has 0 amide bonds. The predicted molar refractivity (Wildman–Crippen MR) is 233 cm³/mol. The lowest BCUT2D eigenvalue weighted by molar-refractivity contribution is 0.670. The number of thiophene rings is 1. The van der Waals surface area contributed by atoms with Gasteiger partial charge in [-0.05, 0) is 82.4 Å². The van der Waals surface area contributed by atoms with Crippen LogP contribution in [0.1, 0.15) is 0 Å². The maximum absolute atomic E-state index is 6.70. The largest absolute Gasteiger partial charge is 0.455 e. The summed E-state index contributed by atoms with van der Waals surface area (Å²) in [4.78, 5) is 14.5. The summed E-state index contributed by atoms with van der Waals surface area (Å²) >= 11 is 1.84. The highest BCUT2D eigenvalue weighted by molar-refractivity contribution is 7.25. The molecular weight excluding hydrogens is 703 g/mol. The number of para-hydroxylation sites is 1. The highest BCUT2D eigenvalue weighted by atomic mass is 32.1. The van der Waals surface area contributed by atoms with Gasteiger partial charge in [-0.15, -0.1) is 11.3 Å². The van der Waals surface area contributed by atoms with Crippen LogP contribution in [0.2, 0.25) is 0 Å². The van der Waals surface area contributed by atoms with Gasteiger partial charge in [-0.3, -0.25) is 4.98 Å². The molecule has 4 heterocycles. The number of fused-ring (bicyclic) bond motifs is 6. The van der Waals surface area contributed by atoms with Crippen molar-refractivity contribution in [1.29, 1.82) is 0 Å². The molecule has 0 bridgehead atoms. The molecule has 0 aliphatic carbocycles. The van der Waals surface area contributed by atoms with E-state index in [-0.39, 0.29) is 0 Å². The molecule has 11 rings (SSSR count). The van der Waals surface area contributed by atoms with Crippen LogP contribution in [0.15, 0.2) is 193 Å². The van der Waals surface area contributed by atoms with Crippen molar-refractivity contribution in [2.45, 2.75) is 0 Å². The molecule has 0 fully saturated rings. The summed E-state index contributed by atoms with van der Waals surface area (Å²) in [5, 5.41) is 4.77. The van der Waals surface area contributed by atoms with Gasteiger partial charge in [0.1, 0.15) is 11.2 Å². The first kappa shape index (κ1) is 32.2. The van der Waals surface area contributed by atoms with Crippen LogP contribution in [0.25, 0.3) is 109 Å². The summed E-state index contributed by atoms with van der Waals surface area (Å²) in [7, 11) is 0. The number of aromatic nitrogens is 3. The van der Waals surface area contributed by atoms with Crippen molar-refractivity contribution < 1.29 is 4.42 Å². The predicted octanol–water partition coefficient (Wildman–Crippen LogP) is 14.1. The van der Waals surface area contributed by atoms with E-state index in [9.17, 15) is 0 Å². The maximum Gasteiger partial charge on any atom is 0.160 e. The minimum absolute atomic E-state index is 0.674. The molecule has 4 nitrogen and oxygen atoms in total. The monoisotopic (exact) mass is 733 g/mol. The van der Waals surface area contributed by atoms with Gasteiger partial charge in [-0.25, -0.2) is 9.97 Å². The molecule has 262 valence electrons. The van der Waals surface area contributed by atoms with E-state index in [2.05, 4.69) is 145 Å². The lowest BCUT2D eigenvalue weighted by atomic mass is 9.93. The Bertz CT molecular complexity index is 3240. The molecule has 0 spiro atoms. The topological polar surface area (TPSA) is 51.8 Å². The number of pyridine rings is 1. The summed E-state index contributed by atoms with van der Waals surface area (Å²) in [5.74, 6) is 0.674. The van der Waals surface area contributed by atoms with Gasteiger partial charge in [0.15, 0.2) is 5.82 Å². The average Bonchev–Trinajstić information content (AvgIpc) is 3.85. The van der Waals surface area contributed by atoms with Gasteiger partial charge in [-0.2, -0.15) is 0 Å². The van der Waals surface area contributed by atoms with Crippen molar-refractivity contribution in [3.63, 3.8) is 0 Å². The van der Waals surface area contributed by atoms with Gasteiger partial charge >= 0.3 is 0 Å². The smallest absolute Gasteiger partial charge is 0.160 e. The van der Waals surface area contributed by atoms with Gasteiger partial charge in [0.25, 0.3) is 0 Å². The van der Waals surface area contributed by atoms with E-state index in [1.54, 1.807) is 0 Å². The zero-order valence-corrected chi connectivity index (χ0v) is 30.9. The van der Waals surface area contributed by atoms with E-state index in [0.29, 0.717) is 5.82 Å². The zero-order chi connectivity index (χ0) is 37.0. The Morgan fingerprint density at radius 3 is 1.91 bits per heavy atom. The number of furan rings is 1. The van der Waals surface area contributed by atoms with Crippen molar-refractivity contribution in [3.8, 4) is 67.3 Å². The van der Waals surface area contributed by atoms with Crippen LogP contribution in [0, 0.1) is 0 Å². The van der Waals surface area contributed by atoms with Gasteiger partial charge < -0.3 is 4.42 Å². The maximum atomic E-state index is 6.70. The number of hydrogen-bond acceptors (Lipinski definition) is 5. The first-order valence-electron chi connectivity index (χ1n) is 18.7. The van der Waals surface area contributed by atoms with Crippen molar-refractivity contribution >= 4 is 53.4 Å². The fraction of sp³-hybridized carbons (Fsp3) is 0. The Morgan fingerprint density at radius 2 is 1.05 bits per heavy atom. The molecular formula is C51H31N3OS. The Kier molecular flexibility index (Phi) is 7.64. The molecule has 5 heteroatoms. The van der Waals surface area contributed by atoms with E-state index in [4.69, 9.17) is 14.4 Å². The average molecular weight is 734 g/mol. The van der Waals surface area contributed by atoms with Crippen LogP contribution in [0.3, 0.4) is 0 Å². The van der Waals surface area contributed by atoms with E-state index in [0.717, 1.165) is 83.4 Å². The molecule has 0 radical (unpaired) electrons. The molecule has 56 heavy (non-hydrogen) atoms. The number of nitrogens with zero attached hydrogens (tertiary/aromatic N) is 3. The summed E-state index contributed by atoms with van der Waals surface area (Å²) in [6.45, 7) is 0. The Hall–Kier alpha value is -7.21. The molecule has 0 saturated carbocycles. The molecule has 0 aliphatic rings. The van der Waals surface area contributed by atoms with Crippen molar-refractivity contribution in [2.24, 2.45) is 0 Å². The highest BCUT2D eigenvalue weighted by Crippen LogP contribution is 2.44. The summed E-state index contributed by atoms with van der Waals surface area (Å²) < 4.78 is 9.29. The second-order valence-electron chi connectivity index (χ2n) is 14.0. The van der Waals surface area contributed by atoms with E-state index >= 15 is 0 Å². The second kappa shape index (κ2) is 13.3. The van der Waals surface area contributed by atoms with Gasteiger partial charge in [-0.1, -0.05) is 121 Å². The van der Waals surface area contributed by atoms with Crippen molar-refractivity contribution in [3.05, 3.63) is 188 Å². The molecule has 0 saturated heterocycles. The van der Waals surface area contributed by atoms with E-state index in [1.165, 1.54) is 20.2 Å². The molecule has 11 aromatic rings. The Labute approximate surface area is 327 Å². The number of hydrogen-bond donors (Lipinski definition) is 0. The molecule has 7 aromatic carbocycles. The SMILES string of the molecule is c1ccc(-c2cc(-c3cccc(-c4ccncc4)c3)nc(-c3ccc(-c4ccc(-c5ccc6sc7ccccc7c6c5)c5oc6ccccc6c45)cc3)n2)cc1. The van der Waals surface area contributed by atoms with Crippen LogP contribution in [0.5, 0.6) is 0 Å². The molecule has 0 aliphatic heterocycles. The fourth-order valence-corrected chi connectivity index (χ4v) is 8.96. The summed E-state index contributed by atoms with van der Waals surface area (Å²) in [6, 6.07) is 61.8. The first-order chi connectivity index (χ1) is 27.7. The van der Waals surface area contributed by atoms with Crippen LogP contribution >= 0.6 is 11.3 Å². The van der Waals surface area contributed by atoms with Crippen LogP contribution < -0.4 is 0 Å². The second-order valence-corrected chi connectivity index (χ2v) is 15.1. The van der Waals surface area contributed by atoms with Crippen LogP contribution in [-0.2, 0) is 0 Å². The lowest BCUT2D eigenvalue weighted by Gasteiger charge is -2.12. The first-order valence-corrected chi connectivity index (χ1v) is 19.5. The normalized spacial score (nSPS) is 11.6. The van der Waals surface area contributed by atoms with Gasteiger partial charge in [0.2, 0.25) is 0 Å². The number of benzene rings is 7. The third-order valence-electron chi connectivity index (χ3n) is 10.6. The van der Waals surface area contributed by atoms with Gasteiger partial charge in [0, 0.05) is 65.6 Å². The minimum atomic E-state index is 0.674. The third-order valence-corrected chi connectivity index (χ3v) is 11.8. The molecule has 0 unspecified atom stereocenters. The van der Waals surface area contributed by atoms with Crippen LogP contribution in [0.4, 0.5) is 0 Å². The Balaban J connectivity index is 1.02. The quantitative estimate of drug-likeness (QED) is 0.171. The Morgan fingerprint density at radius 1 is 0.393 bits per heavy atom. The van der Waals surface area contributed by atoms with E-state index < -0.39 is 0 Å². The lowest BCUT2D eigenvalue weighted by Crippen LogP contribution is -1.96. The standard InChI is InChI=1S/C51H31N3OS/c1-2-9-34(10-3-1)44-31-45(38-12-8-11-36(29-38)32-25-27-52-28-26-32)54-51(53-44)35-19-17-33(18-20-35)39-22-23-40(50-49(39)42-14-4-6-15-46(42)55-50)37-21-24-48-43(30-37)41-13-5-7-16-47(41)56-48/h1-31H. The van der Waals surface area contributed by atoms with Crippen LogP contribution in [-0.4, -0.2) is 15.0 Å². The third kappa shape index (κ3) is 5.56. The minimum Gasteiger partial charge on any atom is -0.455 e. The van der Waals surface area contributed by atoms with Crippen molar-refractivity contribution in [1.82, 2.24) is 15.0 Å². The highest BCUT2D eigenvalue weighted by Gasteiger charge is 2.19.